The van der Waals surface area contributed by atoms with Gasteiger partial charge in [-0.25, -0.2) is 0 Å². The van der Waals surface area contributed by atoms with Crippen LogP contribution in [0.3, 0.4) is 0 Å². The second-order valence-corrected chi connectivity index (χ2v) is 4.23. The average molecular weight is 302 g/mol. The normalized spacial score (nSPS) is 11.1. The van der Waals surface area contributed by atoms with E-state index in [0.29, 0.717) is 18.0 Å². The lowest BCUT2D eigenvalue weighted by molar-refractivity contribution is -0.120. The summed E-state index contributed by atoms with van der Waals surface area (Å²) in [7, 11) is 1.79. The quantitative estimate of drug-likeness (QED) is 0.693. The van der Waals surface area contributed by atoms with Crippen molar-refractivity contribution in [1.29, 1.82) is 0 Å². The van der Waals surface area contributed by atoms with Gasteiger partial charge in [-0.15, -0.1) is 12.4 Å². The first kappa shape index (κ1) is 18.2. The Labute approximate surface area is 124 Å². The molecule has 0 heterocycles. The molecule has 0 aromatic heterocycles. The number of amides is 2. The molecule has 1 aromatic carbocycles. The van der Waals surface area contributed by atoms with Crippen molar-refractivity contribution < 1.29 is 14.3 Å². The fraction of sp³-hybridized carbons (Fsp3) is 0.385. The fourth-order valence-electron chi connectivity index (χ4n) is 1.48. The average Bonchev–Trinajstić information content (AvgIpc) is 2.37. The van der Waals surface area contributed by atoms with E-state index in [-0.39, 0.29) is 30.8 Å². The lowest BCUT2D eigenvalue weighted by Gasteiger charge is -2.12. The monoisotopic (exact) mass is 301 g/mol. The standard InChI is InChI=1S/C13H19N3O3.ClH/c1-9(7-15-2)13(18)16-10-4-3-5-11(6-10)19-8-12(14)17;/h3-6,9,15H,7-8H2,1-2H3,(H2,14,17)(H,16,18);1H. The number of rotatable bonds is 7. The van der Waals surface area contributed by atoms with Crippen LogP contribution in [-0.2, 0) is 9.59 Å². The van der Waals surface area contributed by atoms with Crippen LogP contribution in [0, 0.1) is 5.92 Å². The second kappa shape index (κ2) is 9.17. The molecule has 0 spiro atoms. The van der Waals surface area contributed by atoms with Crippen LogP contribution in [-0.4, -0.2) is 32.0 Å². The van der Waals surface area contributed by atoms with Gasteiger partial charge in [0.25, 0.3) is 5.91 Å². The summed E-state index contributed by atoms with van der Waals surface area (Å²) in [4.78, 5) is 22.4. The summed E-state index contributed by atoms with van der Waals surface area (Å²) in [6.07, 6.45) is 0. The first-order valence-corrected chi connectivity index (χ1v) is 5.99. The lowest BCUT2D eigenvalue weighted by Crippen LogP contribution is -2.28. The van der Waals surface area contributed by atoms with Crippen molar-refractivity contribution >= 4 is 29.9 Å². The number of nitrogens with two attached hydrogens (primary N) is 1. The van der Waals surface area contributed by atoms with Gasteiger partial charge in [-0.05, 0) is 19.2 Å². The molecule has 0 bridgehead atoms. The predicted octanol–water partition coefficient (Wildman–Crippen LogP) is 0.766. The number of hydrogen-bond acceptors (Lipinski definition) is 4. The molecule has 112 valence electrons. The van der Waals surface area contributed by atoms with Crippen LogP contribution in [0.15, 0.2) is 24.3 Å². The van der Waals surface area contributed by atoms with Crippen molar-refractivity contribution in [3.8, 4) is 5.75 Å². The van der Waals surface area contributed by atoms with Crippen molar-refractivity contribution in [2.45, 2.75) is 6.92 Å². The van der Waals surface area contributed by atoms with Crippen LogP contribution in [0.25, 0.3) is 0 Å². The fourth-order valence-corrected chi connectivity index (χ4v) is 1.48. The maximum absolute atomic E-state index is 11.8. The minimum absolute atomic E-state index is 0. The van der Waals surface area contributed by atoms with Gasteiger partial charge in [0, 0.05) is 24.2 Å². The maximum Gasteiger partial charge on any atom is 0.255 e. The minimum atomic E-state index is -0.544. The Morgan fingerprint density at radius 2 is 2.10 bits per heavy atom. The molecule has 0 saturated carbocycles. The number of hydrogen-bond donors (Lipinski definition) is 3. The van der Waals surface area contributed by atoms with E-state index in [1.807, 2.05) is 6.92 Å². The van der Waals surface area contributed by atoms with Gasteiger partial charge in [-0.2, -0.15) is 0 Å². The van der Waals surface area contributed by atoms with E-state index in [1.54, 1.807) is 31.3 Å². The topological polar surface area (TPSA) is 93.4 Å². The van der Waals surface area contributed by atoms with Gasteiger partial charge >= 0.3 is 0 Å². The van der Waals surface area contributed by atoms with Crippen LogP contribution >= 0.6 is 12.4 Å². The predicted molar refractivity (Wildman–Crippen MR) is 80.1 cm³/mol. The SMILES string of the molecule is CNCC(C)C(=O)Nc1cccc(OCC(N)=O)c1.Cl. The molecule has 7 heteroatoms. The number of carbonyl (C=O) groups excluding carboxylic acids is 2. The highest BCUT2D eigenvalue weighted by Gasteiger charge is 2.12. The van der Waals surface area contributed by atoms with E-state index >= 15 is 0 Å². The molecule has 4 N–H and O–H groups in total. The van der Waals surface area contributed by atoms with Crippen molar-refractivity contribution in [3.05, 3.63) is 24.3 Å². The minimum Gasteiger partial charge on any atom is -0.484 e. The first-order chi connectivity index (χ1) is 9.02. The van der Waals surface area contributed by atoms with Gasteiger partial charge in [-0.1, -0.05) is 13.0 Å². The van der Waals surface area contributed by atoms with E-state index in [1.165, 1.54) is 0 Å². The molecule has 2 amide bonds. The highest BCUT2D eigenvalue weighted by atomic mass is 35.5. The van der Waals surface area contributed by atoms with Crippen LogP contribution in [0.5, 0.6) is 5.75 Å². The number of nitrogens with one attached hydrogen (secondary N) is 2. The van der Waals surface area contributed by atoms with E-state index < -0.39 is 5.91 Å². The van der Waals surface area contributed by atoms with E-state index in [0.717, 1.165) is 0 Å². The van der Waals surface area contributed by atoms with Gasteiger partial charge in [0.15, 0.2) is 6.61 Å². The highest BCUT2D eigenvalue weighted by Crippen LogP contribution is 2.17. The molecule has 1 aromatic rings. The summed E-state index contributed by atoms with van der Waals surface area (Å²) >= 11 is 0. The summed E-state index contributed by atoms with van der Waals surface area (Å²) in [5.41, 5.74) is 5.61. The zero-order chi connectivity index (χ0) is 14.3. The van der Waals surface area contributed by atoms with Crippen molar-refractivity contribution in [2.24, 2.45) is 11.7 Å². The molecule has 0 aliphatic carbocycles. The molecule has 0 radical (unpaired) electrons. The molecule has 0 aliphatic rings. The molecular formula is C13H20ClN3O3. The van der Waals surface area contributed by atoms with Gasteiger partial charge in [0.05, 0.1) is 0 Å². The van der Waals surface area contributed by atoms with E-state index in [2.05, 4.69) is 10.6 Å². The number of benzene rings is 1. The molecule has 0 aliphatic heterocycles. The van der Waals surface area contributed by atoms with Crippen LogP contribution in [0.1, 0.15) is 6.92 Å². The highest BCUT2D eigenvalue weighted by molar-refractivity contribution is 5.92. The van der Waals surface area contributed by atoms with Gasteiger partial charge in [0.1, 0.15) is 5.75 Å². The molecule has 6 nitrogen and oxygen atoms in total. The van der Waals surface area contributed by atoms with Crippen LogP contribution < -0.4 is 21.1 Å². The molecule has 1 rings (SSSR count). The number of anilines is 1. The zero-order valence-corrected chi connectivity index (χ0v) is 12.3. The second-order valence-electron chi connectivity index (χ2n) is 4.23. The summed E-state index contributed by atoms with van der Waals surface area (Å²) in [6, 6.07) is 6.82. The Morgan fingerprint density at radius 3 is 2.70 bits per heavy atom. The largest absolute Gasteiger partial charge is 0.484 e. The van der Waals surface area contributed by atoms with Crippen molar-refractivity contribution in [2.75, 3.05) is 25.5 Å². The van der Waals surface area contributed by atoms with Gasteiger partial charge in [-0.3, -0.25) is 9.59 Å². The van der Waals surface area contributed by atoms with E-state index in [4.69, 9.17) is 10.5 Å². The summed E-state index contributed by atoms with van der Waals surface area (Å²) in [6.45, 7) is 2.25. The number of carbonyl (C=O) groups is 2. The smallest absolute Gasteiger partial charge is 0.255 e. The third-order valence-electron chi connectivity index (χ3n) is 2.44. The lowest BCUT2D eigenvalue weighted by atomic mass is 10.1. The zero-order valence-electron chi connectivity index (χ0n) is 11.5. The summed E-state index contributed by atoms with van der Waals surface area (Å²) in [5.74, 6) is -0.281. The van der Waals surface area contributed by atoms with E-state index in [9.17, 15) is 9.59 Å². The Balaban J connectivity index is 0.00000361. The number of primary amides is 1. The Morgan fingerprint density at radius 1 is 1.40 bits per heavy atom. The third kappa shape index (κ3) is 6.40. The molecule has 1 atom stereocenters. The first-order valence-electron chi connectivity index (χ1n) is 5.99. The van der Waals surface area contributed by atoms with Crippen LogP contribution in [0.2, 0.25) is 0 Å². The van der Waals surface area contributed by atoms with Crippen LogP contribution in [0.4, 0.5) is 5.69 Å². The van der Waals surface area contributed by atoms with Crippen molar-refractivity contribution in [3.63, 3.8) is 0 Å². The third-order valence-corrected chi connectivity index (χ3v) is 2.44. The van der Waals surface area contributed by atoms with Gasteiger partial charge in [0.2, 0.25) is 5.91 Å². The van der Waals surface area contributed by atoms with Crippen molar-refractivity contribution in [1.82, 2.24) is 5.32 Å². The van der Waals surface area contributed by atoms with Gasteiger partial charge < -0.3 is 21.1 Å². The Kier molecular flexibility index (Phi) is 8.35. The molecule has 0 fully saturated rings. The Bertz CT molecular complexity index is 454. The summed E-state index contributed by atoms with van der Waals surface area (Å²) in [5, 5.41) is 5.72. The number of halogens is 1. The molecule has 1 unspecified atom stereocenters. The maximum atomic E-state index is 11.8. The molecule has 0 saturated heterocycles. The Hall–Kier alpha value is -1.79. The molecular weight excluding hydrogens is 282 g/mol. The number of ether oxygens (including phenoxy) is 1. The molecule has 20 heavy (non-hydrogen) atoms. The summed E-state index contributed by atoms with van der Waals surface area (Å²) < 4.78 is 5.16.